The summed E-state index contributed by atoms with van der Waals surface area (Å²) in [7, 11) is 1.78. The number of aliphatic carboxylic acids is 1. The molecule has 1 saturated carbocycles. The van der Waals surface area contributed by atoms with E-state index in [9.17, 15) is 14.7 Å². The van der Waals surface area contributed by atoms with Crippen molar-refractivity contribution in [3.63, 3.8) is 0 Å². The third-order valence-electron chi connectivity index (χ3n) is 3.88. The highest BCUT2D eigenvalue weighted by Gasteiger charge is 2.41. The van der Waals surface area contributed by atoms with Gasteiger partial charge in [-0.25, -0.2) is 9.78 Å². The standard InChI is InChI=1S/C13H21N5O3/c1-18-9-16-10(17-18)4-7-14-12(21)15-8-13(11(19)20)5-2-3-6-13/h9H,2-8H2,1H3,(H,19,20)(H2,14,15,21). The fraction of sp³-hybridized carbons (Fsp3) is 0.692. The van der Waals surface area contributed by atoms with Crippen LogP contribution in [-0.4, -0.2) is 45.0 Å². The Morgan fingerprint density at radius 2 is 2.10 bits per heavy atom. The van der Waals surface area contributed by atoms with Gasteiger partial charge in [-0.2, -0.15) is 5.10 Å². The second-order valence-electron chi connectivity index (χ2n) is 5.49. The average molecular weight is 295 g/mol. The molecular formula is C13H21N5O3. The van der Waals surface area contributed by atoms with Gasteiger partial charge in [0.15, 0.2) is 5.82 Å². The summed E-state index contributed by atoms with van der Waals surface area (Å²) < 4.78 is 1.60. The van der Waals surface area contributed by atoms with E-state index < -0.39 is 11.4 Å². The lowest BCUT2D eigenvalue weighted by Crippen LogP contribution is -2.45. The number of amides is 2. The van der Waals surface area contributed by atoms with Gasteiger partial charge < -0.3 is 15.7 Å². The number of carbonyl (C=O) groups is 2. The molecule has 1 aliphatic carbocycles. The van der Waals surface area contributed by atoms with Gasteiger partial charge >= 0.3 is 12.0 Å². The Labute approximate surface area is 122 Å². The first kappa shape index (κ1) is 15.3. The highest BCUT2D eigenvalue weighted by atomic mass is 16.4. The molecule has 116 valence electrons. The molecule has 1 aliphatic rings. The zero-order chi connectivity index (χ0) is 15.3. The van der Waals surface area contributed by atoms with Crippen molar-refractivity contribution in [1.82, 2.24) is 25.4 Å². The smallest absolute Gasteiger partial charge is 0.314 e. The van der Waals surface area contributed by atoms with Crippen LogP contribution in [0.5, 0.6) is 0 Å². The molecule has 21 heavy (non-hydrogen) atoms. The Balaban J connectivity index is 1.71. The second-order valence-corrected chi connectivity index (χ2v) is 5.49. The van der Waals surface area contributed by atoms with Crippen LogP contribution in [0.2, 0.25) is 0 Å². The molecule has 8 nitrogen and oxygen atoms in total. The Morgan fingerprint density at radius 1 is 1.38 bits per heavy atom. The van der Waals surface area contributed by atoms with Gasteiger partial charge in [0.25, 0.3) is 0 Å². The molecular weight excluding hydrogens is 274 g/mol. The summed E-state index contributed by atoms with van der Waals surface area (Å²) in [5.41, 5.74) is -0.792. The van der Waals surface area contributed by atoms with E-state index in [1.54, 1.807) is 18.1 Å². The van der Waals surface area contributed by atoms with Crippen LogP contribution in [0.4, 0.5) is 4.79 Å². The maximum Gasteiger partial charge on any atom is 0.314 e. The number of nitrogens with one attached hydrogen (secondary N) is 2. The van der Waals surface area contributed by atoms with E-state index in [4.69, 9.17) is 0 Å². The zero-order valence-electron chi connectivity index (χ0n) is 12.1. The number of urea groups is 1. The predicted molar refractivity (Wildman–Crippen MR) is 74.6 cm³/mol. The van der Waals surface area contributed by atoms with Crippen molar-refractivity contribution in [3.05, 3.63) is 12.2 Å². The number of hydrogen-bond donors (Lipinski definition) is 3. The summed E-state index contributed by atoms with van der Waals surface area (Å²) in [4.78, 5) is 27.1. The third-order valence-corrected chi connectivity index (χ3v) is 3.88. The Hall–Kier alpha value is -2.12. The molecule has 8 heteroatoms. The number of carbonyl (C=O) groups excluding carboxylic acids is 1. The number of nitrogens with zero attached hydrogens (tertiary/aromatic N) is 3. The van der Waals surface area contributed by atoms with Gasteiger partial charge in [-0.3, -0.25) is 9.48 Å². The van der Waals surface area contributed by atoms with Gasteiger partial charge in [0, 0.05) is 26.6 Å². The van der Waals surface area contributed by atoms with Crippen LogP contribution in [-0.2, 0) is 18.3 Å². The van der Waals surface area contributed by atoms with Crippen LogP contribution in [0, 0.1) is 5.41 Å². The lowest BCUT2D eigenvalue weighted by atomic mass is 9.86. The van der Waals surface area contributed by atoms with Crippen LogP contribution in [0.25, 0.3) is 0 Å². The van der Waals surface area contributed by atoms with E-state index in [2.05, 4.69) is 20.7 Å². The lowest BCUT2D eigenvalue weighted by molar-refractivity contribution is -0.148. The molecule has 1 heterocycles. The number of hydrogen-bond acceptors (Lipinski definition) is 4. The van der Waals surface area contributed by atoms with E-state index in [1.807, 2.05) is 0 Å². The summed E-state index contributed by atoms with van der Waals surface area (Å²) in [6, 6.07) is -0.349. The minimum Gasteiger partial charge on any atom is -0.481 e. The Morgan fingerprint density at radius 3 is 2.67 bits per heavy atom. The van der Waals surface area contributed by atoms with Gasteiger partial charge in [-0.15, -0.1) is 0 Å². The molecule has 1 fully saturated rings. The number of aromatic nitrogens is 3. The minimum atomic E-state index is -0.821. The summed E-state index contributed by atoms with van der Waals surface area (Å²) in [5.74, 6) is -0.159. The predicted octanol–water partition coefficient (Wildman–Crippen LogP) is 0.302. The van der Waals surface area contributed by atoms with Crippen LogP contribution in [0.1, 0.15) is 31.5 Å². The van der Waals surface area contributed by atoms with E-state index >= 15 is 0 Å². The lowest BCUT2D eigenvalue weighted by Gasteiger charge is -2.23. The van der Waals surface area contributed by atoms with Crippen molar-refractivity contribution in [2.75, 3.05) is 13.1 Å². The first-order valence-corrected chi connectivity index (χ1v) is 7.11. The number of carboxylic acids is 1. The molecule has 0 radical (unpaired) electrons. The Bertz CT molecular complexity index is 508. The number of carboxylic acid groups (broad SMARTS) is 1. The minimum absolute atomic E-state index is 0.177. The van der Waals surface area contributed by atoms with Gasteiger partial charge in [0.05, 0.1) is 5.41 Å². The molecule has 0 aliphatic heterocycles. The van der Waals surface area contributed by atoms with Crippen LogP contribution >= 0.6 is 0 Å². The molecule has 2 amide bonds. The van der Waals surface area contributed by atoms with Crippen molar-refractivity contribution in [2.24, 2.45) is 12.5 Å². The van der Waals surface area contributed by atoms with E-state index in [-0.39, 0.29) is 12.6 Å². The molecule has 0 saturated heterocycles. The molecule has 1 aromatic rings. The van der Waals surface area contributed by atoms with E-state index in [0.717, 1.165) is 12.8 Å². The Kier molecular flexibility index (Phi) is 4.77. The largest absolute Gasteiger partial charge is 0.481 e. The first-order chi connectivity index (χ1) is 10.0. The van der Waals surface area contributed by atoms with Crippen LogP contribution in [0.3, 0.4) is 0 Å². The van der Waals surface area contributed by atoms with Gasteiger partial charge in [-0.05, 0) is 12.8 Å². The van der Waals surface area contributed by atoms with Crippen molar-refractivity contribution in [1.29, 1.82) is 0 Å². The second kappa shape index (κ2) is 6.55. The molecule has 0 bridgehead atoms. The normalized spacial score (nSPS) is 16.6. The molecule has 0 unspecified atom stereocenters. The monoisotopic (exact) mass is 295 g/mol. The highest BCUT2D eigenvalue weighted by molar-refractivity contribution is 5.78. The summed E-state index contributed by atoms with van der Waals surface area (Å²) in [6.45, 7) is 0.589. The number of aryl methyl sites for hydroxylation is 1. The molecule has 0 atom stereocenters. The van der Waals surface area contributed by atoms with Crippen molar-refractivity contribution >= 4 is 12.0 Å². The van der Waals surface area contributed by atoms with Crippen molar-refractivity contribution in [3.8, 4) is 0 Å². The molecule has 3 N–H and O–H groups in total. The average Bonchev–Trinajstić information content (AvgIpc) is 3.06. The maximum atomic E-state index is 11.7. The van der Waals surface area contributed by atoms with Crippen LogP contribution in [0.15, 0.2) is 6.33 Å². The fourth-order valence-corrected chi connectivity index (χ4v) is 2.62. The molecule has 2 rings (SSSR count). The van der Waals surface area contributed by atoms with E-state index in [1.165, 1.54) is 0 Å². The zero-order valence-corrected chi connectivity index (χ0v) is 12.1. The fourth-order valence-electron chi connectivity index (χ4n) is 2.62. The van der Waals surface area contributed by atoms with E-state index in [0.29, 0.717) is 31.6 Å². The summed E-state index contributed by atoms with van der Waals surface area (Å²) in [5, 5.41) is 18.8. The van der Waals surface area contributed by atoms with Gasteiger partial charge in [0.1, 0.15) is 6.33 Å². The van der Waals surface area contributed by atoms with Gasteiger partial charge in [-0.1, -0.05) is 12.8 Å². The first-order valence-electron chi connectivity index (χ1n) is 7.11. The third kappa shape index (κ3) is 3.93. The van der Waals surface area contributed by atoms with Crippen LogP contribution < -0.4 is 10.6 Å². The molecule has 0 aromatic carbocycles. The van der Waals surface area contributed by atoms with Gasteiger partial charge in [0.2, 0.25) is 0 Å². The SMILES string of the molecule is Cn1cnc(CCNC(=O)NCC2(C(=O)O)CCCC2)n1. The number of rotatable bonds is 6. The maximum absolute atomic E-state index is 11.7. The summed E-state index contributed by atoms with van der Waals surface area (Å²) >= 11 is 0. The highest BCUT2D eigenvalue weighted by Crippen LogP contribution is 2.37. The molecule has 0 spiro atoms. The summed E-state index contributed by atoms with van der Waals surface area (Å²) in [6.07, 6.45) is 5.20. The quantitative estimate of drug-likeness (QED) is 0.699. The van der Waals surface area contributed by atoms with Crippen molar-refractivity contribution in [2.45, 2.75) is 32.1 Å². The topological polar surface area (TPSA) is 109 Å². The van der Waals surface area contributed by atoms with Crippen molar-refractivity contribution < 1.29 is 14.7 Å². The molecule has 1 aromatic heterocycles.